The van der Waals surface area contributed by atoms with Gasteiger partial charge in [0.05, 0.1) is 11.0 Å². The summed E-state index contributed by atoms with van der Waals surface area (Å²) < 4.78 is 12.0. The van der Waals surface area contributed by atoms with Gasteiger partial charge in [0.25, 0.3) is 5.69 Å². The highest BCUT2D eigenvalue weighted by Gasteiger charge is 2.41. The van der Waals surface area contributed by atoms with Crippen LogP contribution in [0, 0.1) is 17.0 Å². The van der Waals surface area contributed by atoms with Crippen LogP contribution in [-0.4, -0.2) is 15.6 Å². The van der Waals surface area contributed by atoms with Crippen molar-refractivity contribution in [1.29, 1.82) is 0 Å². The number of ether oxygens (including phenoxy) is 1. The zero-order chi connectivity index (χ0) is 19.3. The van der Waals surface area contributed by atoms with Crippen LogP contribution in [0.1, 0.15) is 41.3 Å². The second-order valence-corrected chi connectivity index (χ2v) is 6.91. The van der Waals surface area contributed by atoms with E-state index in [1.54, 1.807) is 12.1 Å². The molecule has 1 aromatic heterocycles. The van der Waals surface area contributed by atoms with Crippen LogP contribution in [0.2, 0.25) is 0 Å². The molecule has 0 aliphatic carbocycles. The molecular formula is C21H17N3O4. The van der Waals surface area contributed by atoms with Gasteiger partial charge in [0.15, 0.2) is 0 Å². The Hall–Kier alpha value is -3.61. The van der Waals surface area contributed by atoms with Gasteiger partial charge in [-0.15, -0.1) is 0 Å². The Bertz CT molecular complexity index is 1090. The van der Waals surface area contributed by atoms with Gasteiger partial charge >= 0.3 is 0 Å². The number of hydrazone groups is 1. The number of nitro groups is 1. The second kappa shape index (κ2) is 6.23. The molecule has 140 valence electrons. The number of fused-ring (bicyclic) bond motifs is 3. The van der Waals surface area contributed by atoms with Crippen molar-refractivity contribution in [2.45, 2.75) is 25.6 Å². The molecule has 0 amide bonds. The molecule has 2 aliphatic heterocycles. The maximum Gasteiger partial charge on any atom is 0.269 e. The smallest absolute Gasteiger partial charge is 0.269 e. The molecule has 7 nitrogen and oxygen atoms in total. The molecule has 0 N–H and O–H groups in total. The lowest BCUT2D eigenvalue weighted by Gasteiger charge is -2.38. The van der Waals surface area contributed by atoms with Crippen molar-refractivity contribution >= 4 is 11.4 Å². The molecule has 0 saturated heterocycles. The first kappa shape index (κ1) is 16.6. The summed E-state index contributed by atoms with van der Waals surface area (Å²) in [5, 5.41) is 17.7. The third-order valence-electron chi connectivity index (χ3n) is 5.11. The van der Waals surface area contributed by atoms with Gasteiger partial charge in [0.2, 0.25) is 6.23 Å². The topological polar surface area (TPSA) is 81.1 Å². The predicted molar refractivity (Wildman–Crippen MR) is 102 cm³/mol. The van der Waals surface area contributed by atoms with E-state index in [0.29, 0.717) is 6.42 Å². The van der Waals surface area contributed by atoms with E-state index in [1.807, 2.05) is 48.3 Å². The van der Waals surface area contributed by atoms with E-state index in [-0.39, 0.29) is 11.7 Å². The number of hydrogen-bond acceptors (Lipinski definition) is 6. The number of benzene rings is 2. The molecule has 3 aromatic rings. The normalized spacial score (nSPS) is 20.2. The number of nitro benzene ring substituents is 1. The Labute approximate surface area is 161 Å². The van der Waals surface area contributed by atoms with Gasteiger partial charge in [-0.1, -0.05) is 18.2 Å². The first-order valence-electron chi connectivity index (χ1n) is 9.03. The van der Waals surface area contributed by atoms with E-state index in [4.69, 9.17) is 14.3 Å². The van der Waals surface area contributed by atoms with Crippen LogP contribution in [0.15, 0.2) is 70.2 Å². The summed E-state index contributed by atoms with van der Waals surface area (Å²) >= 11 is 0. The molecule has 2 aliphatic rings. The Morgan fingerprint density at radius 3 is 2.61 bits per heavy atom. The molecule has 0 spiro atoms. The van der Waals surface area contributed by atoms with Crippen molar-refractivity contribution in [1.82, 2.24) is 5.01 Å². The lowest BCUT2D eigenvalue weighted by atomic mass is 9.97. The lowest BCUT2D eigenvalue weighted by molar-refractivity contribution is -0.384. The van der Waals surface area contributed by atoms with Gasteiger partial charge in [-0.3, -0.25) is 10.1 Å². The molecule has 0 unspecified atom stereocenters. The van der Waals surface area contributed by atoms with Crippen molar-refractivity contribution in [3.63, 3.8) is 0 Å². The molecule has 2 atom stereocenters. The maximum absolute atomic E-state index is 11.0. The average molecular weight is 375 g/mol. The standard InChI is InChI=1S/C21H17N3O4/c1-13-6-11-20(27-13)17-12-18-16-4-2-3-5-19(16)28-21(23(18)22-17)14-7-9-15(10-8-14)24(25)26/h2-11,18,21H,12H2,1H3/t18-,21+/m0/s1. The summed E-state index contributed by atoms with van der Waals surface area (Å²) in [5.74, 6) is 2.40. The highest BCUT2D eigenvalue weighted by atomic mass is 16.6. The third-order valence-corrected chi connectivity index (χ3v) is 5.11. The SMILES string of the molecule is Cc1ccc(C2=NN3[C@@H](c4ccc([N+](=O)[O-])cc4)Oc4ccccc4[C@@H]3C2)o1. The fourth-order valence-electron chi connectivity index (χ4n) is 3.75. The summed E-state index contributed by atoms with van der Waals surface area (Å²) in [6.45, 7) is 1.91. The minimum Gasteiger partial charge on any atom is -0.464 e. The Kier molecular flexibility index (Phi) is 3.68. The van der Waals surface area contributed by atoms with Crippen LogP contribution >= 0.6 is 0 Å². The number of hydrogen-bond donors (Lipinski definition) is 0. The molecule has 7 heteroatoms. The van der Waals surface area contributed by atoms with E-state index >= 15 is 0 Å². The number of para-hydroxylation sites is 1. The minimum absolute atomic E-state index is 0.0190. The Morgan fingerprint density at radius 2 is 1.89 bits per heavy atom. The van der Waals surface area contributed by atoms with Gasteiger partial charge in [-0.2, -0.15) is 5.10 Å². The summed E-state index contributed by atoms with van der Waals surface area (Å²) in [6, 6.07) is 18.2. The number of furan rings is 1. The number of rotatable bonds is 3. The van der Waals surface area contributed by atoms with Gasteiger partial charge in [0, 0.05) is 29.7 Å². The predicted octanol–water partition coefficient (Wildman–Crippen LogP) is 4.74. The minimum atomic E-state index is -0.464. The van der Waals surface area contributed by atoms with E-state index in [9.17, 15) is 10.1 Å². The summed E-state index contributed by atoms with van der Waals surface area (Å²) in [6.07, 6.45) is 0.242. The zero-order valence-electron chi connectivity index (χ0n) is 15.1. The molecule has 3 heterocycles. The number of non-ortho nitro benzene ring substituents is 1. The average Bonchev–Trinajstić information content (AvgIpc) is 3.34. The molecule has 0 saturated carbocycles. The third kappa shape index (κ3) is 2.63. The van der Waals surface area contributed by atoms with Gasteiger partial charge in [-0.05, 0) is 37.3 Å². The Morgan fingerprint density at radius 1 is 1.11 bits per heavy atom. The summed E-state index contributed by atoms with van der Waals surface area (Å²) in [4.78, 5) is 10.6. The highest BCUT2D eigenvalue weighted by Crippen LogP contribution is 2.47. The highest BCUT2D eigenvalue weighted by molar-refractivity contribution is 5.99. The van der Waals surface area contributed by atoms with Crippen molar-refractivity contribution in [3.8, 4) is 5.75 Å². The summed E-state index contributed by atoms with van der Waals surface area (Å²) in [7, 11) is 0. The molecular weight excluding hydrogens is 358 g/mol. The second-order valence-electron chi connectivity index (χ2n) is 6.91. The van der Waals surface area contributed by atoms with Crippen molar-refractivity contribution in [3.05, 3.63) is 93.4 Å². The molecule has 28 heavy (non-hydrogen) atoms. The largest absolute Gasteiger partial charge is 0.464 e. The number of nitrogens with zero attached hydrogens (tertiary/aromatic N) is 3. The fraction of sp³-hybridized carbons (Fsp3) is 0.190. The van der Waals surface area contributed by atoms with Crippen molar-refractivity contribution in [2.24, 2.45) is 5.10 Å². The van der Waals surface area contributed by atoms with Crippen LogP contribution in [0.4, 0.5) is 5.69 Å². The Balaban J connectivity index is 1.57. The lowest BCUT2D eigenvalue weighted by Crippen LogP contribution is -2.33. The zero-order valence-corrected chi connectivity index (χ0v) is 15.1. The molecule has 0 bridgehead atoms. The van der Waals surface area contributed by atoms with Crippen LogP contribution < -0.4 is 4.74 Å². The van der Waals surface area contributed by atoms with Crippen LogP contribution in [0.25, 0.3) is 0 Å². The monoisotopic (exact) mass is 375 g/mol. The molecule has 5 rings (SSSR count). The quantitative estimate of drug-likeness (QED) is 0.488. The first-order chi connectivity index (χ1) is 13.6. The van der Waals surface area contributed by atoms with E-state index in [0.717, 1.165) is 34.1 Å². The molecule has 2 aromatic carbocycles. The van der Waals surface area contributed by atoms with Gasteiger partial charge in [0.1, 0.15) is 23.0 Å². The molecule has 0 radical (unpaired) electrons. The van der Waals surface area contributed by atoms with Crippen LogP contribution in [0.3, 0.4) is 0 Å². The van der Waals surface area contributed by atoms with E-state index < -0.39 is 11.2 Å². The van der Waals surface area contributed by atoms with Gasteiger partial charge < -0.3 is 9.15 Å². The maximum atomic E-state index is 11.0. The van der Waals surface area contributed by atoms with Crippen molar-refractivity contribution < 1.29 is 14.1 Å². The van der Waals surface area contributed by atoms with E-state index in [2.05, 4.69) is 0 Å². The van der Waals surface area contributed by atoms with Crippen molar-refractivity contribution in [2.75, 3.05) is 0 Å². The fourth-order valence-corrected chi connectivity index (χ4v) is 3.75. The first-order valence-corrected chi connectivity index (χ1v) is 9.03. The van der Waals surface area contributed by atoms with Gasteiger partial charge in [-0.25, -0.2) is 5.01 Å². The summed E-state index contributed by atoms with van der Waals surface area (Å²) in [5.41, 5.74) is 2.80. The van der Waals surface area contributed by atoms with Crippen LogP contribution in [0.5, 0.6) is 5.75 Å². The molecule has 0 fully saturated rings. The van der Waals surface area contributed by atoms with E-state index in [1.165, 1.54) is 12.1 Å². The van der Waals surface area contributed by atoms with Crippen LogP contribution in [-0.2, 0) is 0 Å². The number of aryl methyl sites for hydroxylation is 1.